The fourth-order valence-electron chi connectivity index (χ4n) is 2.12. The van der Waals surface area contributed by atoms with Crippen LogP contribution in [0.15, 0.2) is 48.1 Å². The average molecular weight is 333 g/mol. The van der Waals surface area contributed by atoms with Crippen LogP contribution < -0.4 is 0 Å². The van der Waals surface area contributed by atoms with Crippen molar-refractivity contribution in [2.75, 3.05) is 5.75 Å². The molecule has 1 aromatic heterocycles. The van der Waals surface area contributed by atoms with Crippen molar-refractivity contribution >= 4 is 21.8 Å². The van der Waals surface area contributed by atoms with E-state index in [1.165, 1.54) is 10.9 Å². The van der Waals surface area contributed by atoms with E-state index in [1.807, 2.05) is 31.2 Å². The molecular weight excluding hydrogens is 314 g/mol. The zero-order valence-corrected chi connectivity index (χ0v) is 13.9. The summed E-state index contributed by atoms with van der Waals surface area (Å²) < 4.78 is 30.4. The number of aryl methyl sites for hydroxylation is 1. The fraction of sp³-hybridized carbons (Fsp3) is 0.250. The third kappa shape index (κ3) is 5.15. The molecule has 0 aromatic carbocycles. The van der Waals surface area contributed by atoms with Gasteiger partial charge in [-0.3, -0.25) is 4.55 Å². The van der Waals surface area contributed by atoms with E-state index in [2.05, 4.69) is 22.3 Å². The predicted octanol–water partition coefficient (Wildman–Crippen LogP) is 2.56. The smallest absolute Gasteiger partial charge is 0.268 e. The highest BCUT2D eigenvalue weighted by Gasteiger charge is 2.10. The second-order valence-corrected chi connectivity index (χ2v) is 6.49. The summed E-state index contributed by atoms with van der Waals surface area (Å²) in [5.74, 6) is -0.437. The normalized spacial score (nSPS) is 16.0. The van der Waals surface area contributed by atoms with Crippen molar-refractivity contribution in [3.8, 4) is 0 Å². The standard InChI is InChI=1S/C16H19N3O3S/c1-3-14(9-6-12-23(20,21)22)16-15(17-19(2)18-16)11-10-13-7-4-5-8-13/h3-4,6-11H,5,12H2,1-2H3,(H,20,21,22)/b9-6-,11-10-,14-3-. The van der Waals surface area contributed by atoms with Crippen molar-refractivity contribution < 1.29 is 13.0 Å². The first-order valence-corrected chi connectivity index (χ1v) is 8.74. The van der Waals surface area contributed by atoms with Crippen molar-refractivity contribution in [2.24, 2.45) is 7.05 Å². The topological polar surface area (TPSA) is 85.1 Å². The first-order valence-electron chi connectivity index (χ1n) is 7.13. The summed E-state index contributed by atoms with van der Waals surface area (Å²) in [4.78, 5) is 1.47. The molecule has 0 spiro atoms. The van der Waals surface area contributed by atoms with Crippen molar-refractivity contribution in [1.82, 2.24) is 15.0 Å². The second kappa shape index (κ2) is 7.34. The molecule has 0 aliphatic heterocycles. The van der Waals surface area contributed by atoms with Gasteiger partial charge in [0.25, 0.3) is 10.1 Å². The summed E-state index contributed by atoms with van der Waals surface area (Å²) in [6, 6.07) is 0. The fourth-order valence-corrected chi connectivity index (χ4v) is 2.46. The highest BCUT2D eigenvalue weighted by atomic mass is 32.2. The molecule has 0 saturated carbocycles. The van der Waals surface area contributed by atoms with Crippen LogP contribution >= 0.6 is 0 Å². The lowest BCUT2D eigenvalue weighted by atomic mass is 10.1. The molecule has 0 amide bonds. The van der Waals surface area contributed by atoms with Gasteiger partial charge in [0.1, 0.15) is 11.4 Å². The lowest BCUT2D eigenvalue weighted by Gasteiger charge is -1.98. The Morgan fingerprint density at radius 3 is 2.78 bits per heavy atom. The van der Waals surface area contributed by atoms with Gasteiger partial charge in [-0.05, 0) is 30.6 Å². The number of allylic oxidation sites excluding steroid dienone is 8. The Hall–Kier alpha value is -2.25. The lowest BCUT2D eigenvalue weighted by Crippen LogP contribution is -2.00. The molecule has 1 N–H and O–H groups in total. The highest BCUT2D eigenvalue weighted by Crippen LogP contribution is 2.20. The molecule has 1 aliphatic rings. The van der Waals surface area contributed by atoms with Gasteiger partial charge in [0, 0.05) is 7.05 Å². The van der Waals surface area contributed by atoms with E-state index in [4.69, 9.17) is 4.55 Å². The Labute approximate surface area is 136 Å². The molecule has 1 heterocycles. The molecule has 0 fully saturated rings. The van der Waals surface area contributed by atoms with E-state index in [1.54, 1.807) is 13.1 Å². The molecule has 23 heavy (non-hydrogen) atoms. The quantitative estimate of drug-likeness (QED) is 0.639. The van der Waals surface area contributed by atoms with E-state index < -0.39 is 15.9 Å². The summed E-state index contributed by atoms with van der Waals surface area (Å²) in [6.45, 7) is 1.83. The Morgan fingerprint density at radius 2 is 2.17 bits per heavy atom. The monoisotopic (exact) mass is 333 g/mol. The number of hydrogen-bond acceptors (Lipinski definition) is 4. The molecule has 2 rings (SSSR count). The molecule has 0 radical (unpaired) electrons. The Bertz CT molecular complexity index is 825. The minimum atomic E-state index is -4.02. The maximum Gasteiger partial charge on any atom is 0.268 e. The Kier molecular flexibility index (Phi) is 5.46. The molecule has 0 atom stereocenters. The van der Waals surface area contributed by atoms with Gasteiger partial charge in [-0.25, -0.2) is 0 Å². The number of hydrogen-bond donors (Lipinski definition) is 1. The van der Waals surface area contributed by atoms with Crippen LogP contribution in [-0.2, 0) is 17.2 Å². The van der Waals surface area contributed by atoms with Crippen LogP contribution in [0.4, 0.5) is 0 Å². The molecule has 0 bridgehead atoms. The minimum Gasteiger partial charge on any atom is -0.285 e. The van der Waals surface area contributed by atoms with Crippen molar-refractivity contribution in [3.63, 3.8) is 0 Å². The summed E-state index contributed by atoms with van der Waals surface area (Å²) in [7, 11) is -2.29. The number of rotatable bonds is 6. The first kappa shape index (κ1) is 17.1. The molecular formula is C16H19N3O3S. The third-order valence-corrected chi connectivity index (χ3v) is 3.78. The first-order chi connectivity index (χ1) is 10.9. The van der Waals surface area contributed by atoms with Gasteiger partial charge in [0.2, 0.25) is 0 Å². The lowest BCUT2D eigenvalue weighted by molar-refractivity contribution is 0.487. The molecule has 1 aliphatic carbocycles. The van der Waals surface area contributed by atoms with E-state index in [0.29, 0.717) is 11.4 Å². The summed E-state index contributed by atoms with van der Waals surface area (Å²) >= 11 is 0. The van der Waals surface area contributed by atoms with E-state index in [0.717, 1.165) is 17.6 Å². The van der Waals surface area contributed by atoms with Gasteiger partial charge in [0.15, 0.2) is 0 Å². The van der Waals surface area contributed by atoms with Crippen LogP contribution in [-0.4, -0.2) is 33.7 Å². The van der Waals surface area contributed by atoms with E-state index in [9.17, 15) is 8.42 Å². The van der Waals surface area contributed by atoms with Crippen LogP contribution in [0.2, 0.25) is 0 Å². The van der Waals surface area contributed by atoms with Gasteiger partial charge in [0.05, 0.1) is 5.75 Å². The second-order valence-electron chi connectivity index (χ2n) is 4.99. The summed E-state index contributed by atoms with van der Waals surface area (Å²) in [6.07, 6.45) is 15.8. The van der Waals surface area contributed by atoms with Crippen LogP contribution in [0.1, 0.15) is 24.7 Å². The van der Waals surface area contributed by atoms with Crippen LogP contribution in [0, 0.1) is 0 Å². The van der Waals surface area contributed by atoms with Crippen LogP contribution in [0.5, 0.6) is 0 Å². The Balaban J connectivity index is 2.25. The highest BCUT2D eigenvalue weighted by molar-refractivity contribution is 7.85. The number of nitrogens with zero attached hydrogens (tertiary/aromatic N) is 3. The van der Waals surface area contributed by atoms with Crippen LogP contribution in [0.25, 0.3) is 11.6 Å². The molecule has 6 nitrogen and oxygen atoms in total. The van der Waals surface area contributed by atoms with Gasteiger partial charge >= 0.3 is 0 Å². The van der Waals surface area contributed by atoms with Crippen molar-refractivity contribution in [1.29, 1.82) is 0 Å². The van der Waals surface area contributed by atoms with E-state index in [-0.39, 0.29) is 0 Å². The average Bonchev–Trinajstić information content (AvgIpc) is 3.09. The SMILES string of the molecule is C/C=C(/C=C\CS(=O)(=O)O)c1nn(C)nc1/C=C\C1=CCC=C1. The summed E-state index contributed by atoms with van der Waals surface area (Å²) in [5, 5.41) is 8.65. The maximum absolute atomic E-state index is 10.8. The molecule has 0 saturated heterocycles. The van der Waals surface area contributed by atoms with Gasteiger partial charge in [-0.15, -0.1) is 0 Å². The molecule has 122 valence electrons. The zero-order chi connectivity index (χ0) is 16.9. The van der Waals surface area contributed by atoms with Crippen molar-refractivity contribution in [3.05, 3.63) is 59.5 Å². The maximum atomic E-state index is 10.8. The zero-order valence-electron chi connectivity index (χ0n) is 13.0. The Morgan fingerprint density at radius 1 is 1.39 bits per heavy atom. The van der Waals surface area contributed by atoms with Crippen molar-refractivity contribution in [2.45, 2.75) is 13.3 Å². The molecule has 7 heteroatoms. The van der Waals surface area contributed by atoms with Gasteiger partial charge < -0.3 is 0 Å². The molecule has 1 aromatic rings. The minimum absolute atomic E-state index is 0.437. The largest absolute Gasteiger partial charge is 0.285 e. The van der Waals surface area contributed by atoms with Gasteiger partial charge in [-0.2, -0.15) is 23.4 Å². The van der Waals surface area contributed by atoms with Crippen LogP contribution in [0.3, 0.4) is 0 Å². The van der Waals surface area contributed by atoms with Gasteiger partial charge in [-0.1, -0.05) is 42.5 Å². The van der Waals surface area contributed by atoms with E-state index >= 15 is 0 Å². The third-order valence-electron chi connectivity index (χ3n) is 3.16. The predicted molar refractivity (Wildman–Crippen MR) is 91.1 cm³/mol. The number of aromatic nitrogens is 3. The summed E-state index contributed by atoms with van der Waals surface area (Å²) in [5.41, 5.74) is 3.20. The molecule has 0 unspecified atom stereocenters.